The number of nitrogens with one attached hydrogen (secondary N) is 1. The molecule has 3 amide bonds. The van der Waals surface area contributed by atoms with Crippen molar-refractivity contribution in [3.63, 3.8) is 0 Å². The van der Waals surface area contributed by atoms with Crippen LogP contribution in [-0.4, -0.2) is 34.1 Å². The van der Waals surface area contributed by atoms with E-state index >= 15 is 0 Å². The Bertz CT molecular complexity index is 552. The van der Waals surface area contributed by atoms with Crippen LogP contribution in [0.25, 0.3) is 0 Å². The number of rotatable bonds is 5. The van der Waals surface area contributed by atoms with Crippen molar-refractivity contribution in [2.45, 2.75) is 19.4 Å². The summed E-state index contributed by atoms with van der Waals surface area (Å²) in [5, 5.41) is 1.77. The molecule has 8 heteroatoms. The lowest BCUT2D eigenvalue weighted by molar-refractivity contribution is -0.116. The van der Waals surface area contributed by atoms with Crippen LogP contribution < -0.4 is 11.1 Å². The van der Waals surface area contributed by atoms with Crippen molar-refractivity contribution in [2.75, 3.05) is 6.54 Å². The van der Waals surface area contributed by atoms with E-state index in [9.17, 15) is 14.4 Å². The first-order chi connectivity index (χ1) is 9.97. The minimum Gasteiger partial charge on any atom is -0.352 e. The van der Waals surface area contributed by atoms with Gasteiger partial charge in [0.1, 0.15) is 6.23 Å². The van der Waals surface area contributed by atoms with Gasteiger partial charge in [-0.2, -0.15) is 0 Å². The third-order valence-electron chi connectivity index (χ3n) is 2.78. The standard InChI is InChI=1S/C13H15N3O4S/c1-8(15-12(14)18)20-11(9-5-3-2-4-6-9)16-7-10(17)21-13(16)19/h2-6,8,11H,7H2,1H3,(H3,14,15,18). The third kappa shape index (κ3) is 3.96. The maximum atomic E-state index is 11.9. The largest absolute Gasteiger partial charge is 0.352 e. The van der Waals surface area contributed by atoms with Gasteiger partial charge in [0.2, 0.25) is 5.12 Å². The minimum atomic E-state index is -0.764. The molecule has 0 aromatic heterocycles. The number of urea groups is 1. The zero-order chi connectivity index (χ0) is 15.4. The number of carbonyl (C=O) groups is 3. The molecule has 1 aliphatic rings. The van der Waals surface area contributed by atoms with Crippen LogP contribution in [0.1, 0.15) is 18.7 Å². The van der Waals surface area contributed by atoms with Crippen LogP contribution in [0.5, 0.6) is 0 Å². The molecule has 0 saturated carbocycles. The quantitative estimate of drug-likeness (QED) is 0.801. The van der Waals surface area contributed by atoms with Gasteiger partial charge in [-0.15, -0.1) is 0 Å². The molecule has 0 aliphatic carbocycles. The second kappa shape index (κ2) is 6.59. The lowest BCUT2D eigenvalue weighted by atomic mass is 10.2. The molecule has 21 heavy (non-hydrogen) atoms. The smallest absolute Gasteiger partial charge is 0.314 e. The molecule has 7 nitrogen and oxygen atoms in total. The van der Waals surface area contributed by atoms with Crippen LogP contribution in [0.15, 0.2) is 30.3 Å². The highest BCUT2D eigenvalue weighted by Crippen LogP contribution is 2.31. The Labute approximate surface area is 125 Å². The van der Waals surface area contributed by atoms with E-state index in [1.165, 1.54) is 4.90 Å². The van der Waals surface area contributed by atoms with Crippen LogP contribution >= 0.6 is 11.8 Å². The van der Waals surface area contributed by atoms with Gasteiger partial charge in [0, 0.05) is 17.3 Å². The fourth-order valence-electron chi connectivity index (χ4n) is 1.95. The predicted octanol–water partition coefficient (Wildman–Crippen LogP) is 1.41. The van der Waals surface area contributed by atoms with Gasteiger partial charge in [-0.1, -0.05) is 30.3 Å². The molecule has 1 aromatic rings. The second-order valence-corrected chi connectivity index (χ2v) is 5.43. The zero-order valence-corrected chi connectivity index (χ0v) is 12.1. The summed E-state index contributed by atoms with van der Waals surface area (Å²) in [6, 6.07) is 8.26. The molecule has 3 N–H and O–H groups in total. The lowest BCUT2D eigenvalue weighted by Gasteiger charge is -2.29. The molecule has 1 heterocycles. The number of benzene rings is 1. The highest BCUT2D eigenvalue weighted by Gasteiger charge is 2.36. The first kappa shape index (κ1) is 15.3. The van der Waals surface area contributed by atoms with Crippen molar-refractivity contribution in [2.24, 2.45) is 5.73 Å². The van der Waals surface area contributed by atoms with Crippen molar-refractivity contribution < 1.29 is 19.1 Å². The average Bonchev–Trinajstić information content (AvgIpc) is 2.75. The van der Waals surface area contributed by atoms with Crippen molar-refractivity contribution in [1.29, 1.82) is 0 Å². The molecular formula is C13H15N3O4S. The Morgan fingerprint density at radius 2 is 2.05 bits per heavy atom. The molecule has 0 radical (unpaired) electrons. The van der Waals surface area contributed by atoms with Gasteiger partial charge in [-0.25, -0.2) is 4.79 Å². The molecular weight excluding hydrogens is 294 g/mol. The SMILES string of the molecule is CC(NC(N)=O)OC(c1ccccc1)N1CC(=O)SC1=O. The van der Waals surface area contributed by atoms with E-state index < -0.39 is 18.5 Å². The summed E-state index contributed by atoms with van der Waals surface area (Å²) < 4.78 is 5.68. The number of amides is 3. The predicted molar refractivity (Wildman–Crippen MR) is 77.1 cm³/mol. The number of hydrogen-bond donors (Lipinski definition) is 2. The summed E-state index contributed by atoms with van der Waals surface area (Å²) in [4.78, 5) is 35.5. The highest BCUT2D eigenvalue weighted by molar-refractivity contribution is 8.26. The Balaban J connectivity index is 2.21. The Kier molecular flexibility index (Phi) is 4.81. The van der Waals surface area contributed by atoms with Gasteiger partial charge in [-0.05, 0) is 6.92 Å². The van der Waals surface area contributed by atoms with Crippen molar-refractivity contribution in [1.82, 2.24) is 10.2 Å². The number of nitrogens with zero attached hydrogens (tertiary/aromatic N) is 1. The molecule has 0 spiro atoms. The number of hydrogen-bond acceptors (Lipinski definition) is 5. The summed E-state index contributed by atoms with van der Waals surface area (Å²) in [6.45, 7) is 1.56. The van der Waals surface area contributed by atoms with Crippen molar-refractivity contribution in [3.8, 4) is 0 Å². The first-order valence-electron chi connectivity index (χ1n) is 6.25. The van der Waals surface area contributed by atoms with Gasteiger partial charge < -0.3 is 15.8 Å². The van der Waals surface area contributed by atoms with Crippen LogP contribution in [0, 0.1) is 0 Å². The number of primary amides is 1. The first-order valence-corrected chi connectivity index (χ1v) is 7.06. The maximum absolute atomic E-state index is 11.9. The second-order valence-electron chi connectivity index (χ2n) is 4.42. The van der Waals surface area contributed by atoms with E-state index in [-0.39, 0.29) is 16.9 Å². The zero-order valence-electron chi connectivity index (χ0n) is 11.3. The van der Waals surface area contributed by atoms with E-state index in [2.05, 4.69) is 5.32 Å². The summed E-state index contributed by atoms with van der Waals surface area (Å²) in [5.41, 5.74) is 5.75. The average molecular weight is 309 g/mol. The van der Waals surface area contributed by atoms with E-state index in [1.54, 1.807) is 31.2 Å². The molecule has 2 unspecified atom stereocenters. The van der Waals surface area contributed by atoms with Crippen molar-refractivity contribution >= 4 is 28.1 Å². The lowest BCUT2D eigenvalue weighted by Crippen LogP contribution is -2.42. The van der Waals surface area contributed by atoms with Gasteiger partial charge in [0.25, 0.3) is 5.24 Å². The highest BCUT2D eigenvalue weighted by atomic mass is 32.2. The molecule has 1 saturated heterocycles. The summed E-state index contributed by atoms with van der Waals surface area (Å²) in [5.74, 6) is 0. The van der Waals surface area contributed by atoms with Crippen LogP contribution in [-0.2, 0) is 9.53 Å². The fraction of sp³-hybridized carbons (Fsp3) is 0.308. The third-order valence-corrected chi connectivity index (χ3v) is 3.55. The molecule has 1 aliphatic heterocycles. The molecule has 1 fully saturated rings. The molecule has 1 aromatic carbocycles. The van der Waals surface area contributed by atoms with E-state index in [1.807, 2.05) is 6.07 Å². The van der Waals surface area contributed by atoms with Crippen LogP contribution in [0.4, 0.5) is 9.59 Å². The topological polar surface area (TPSA) is 102 Å². The van der Waals surface area contributed by atoms with Crippen molar-refractivity contribution in [3.05, 3.63) is 35.9 Å². The number of nitrogens with two attached hydrogens (primary N) is 1. The maximum Gasteiger partial charge on any atom is 0.314 e. The summed E-state index contributed by atoms with van der Waals surface area (Å²) in [7, 11) is 0. The molecule has 2 rings (SSSR count). The summed E-state index contributed by atoms with van der Waals surface area (Å²) >= 11 is 0.649. The fourth-order valence-corrected chi connectivity index (χ4v) is 2.62. The Morgan fingerprint density at radius 3 is 2.57 bits per heavy atom. The van der Waals surface area contributed by atoms with Gasteiger partial charge in [0.05, 0.1) is 6.54 Å². The normalized spacial score (nSPS) is 17.7. The van der Waals surface area contributed by atoms with E-state index in [4.69, 9.17) is 10.5 Å². The monoisotopic (exact) mass is 309 g/mol. The molecule has 2 atom stereocenters. The Hall–Kier alpha value is -2.06. The minimum absolute atomic E-state index is 0.0354. The number of thioether (sulfide) groups is 1. The van der Waals surface area contributed by atoms with Gasteiger partial charge in [0.15, 0.2) is 6.23 Å². The number of carbonyl (C=O) groups excluding carboxylic acids is 3. The van der Waals surface area contributed by atoms with Crippen LogP contribution in [0.3, 0.4) is 0 Å². The van der Waals surface area contributed by atoms with E-state index in [0.717, 1.165) is 0 Å². The van der Waals surface area contributed by atoms with Gasteiger partial charge >= 0.3 is 6.03 Å². The summed E-state index contributed by atoms with van der Waals surface area (Å²) in [6.07, 6.45) is -1.47. The molecule has 112 valence electrons. The van der Waals surface area contributed by atoms with Gasteiger partial charge in [-0.3, -0.25) is 14.5 Å². The van der Waals surface area contributed by atoms with Crippen LogP contribution in [0.2, 0.25) is 0 Å². The number of ether oxygens (including phenoxy) is 1. The van der Waals surface area contributed by atoms with E-state index in [0.29, 0.717) is 17.3 Å². The molecule has 0 bridgehead atoms. The Morgan fingerprint density at radius 1 is 1.38 bits per heavy atom.